The fraction of sp³-hybridized carbons (Fsp3) is 0.909. The van der Waals surface area contributed by atoms with Gasteiger partial charge in [-0.15, -0.1) is 0 Å². The number of hydrazone groups is 1. The van der Waals surface area contributed by atoms with Gasteiger partial charge in [0.15, 0.2) is 0 Å². The summed E-state index contributed by atoms with van der Waals surface area (Å²) >= 11 is 0. The highest BCUT2D eigenvalue weighted by atomic mass is 15.5. The molecule has 2 aliphatic rings. The largest absolute Gasteiger partial charge is 0.291 e. The summed E-state index contributed by atoms with van der Waals surface area (Å²) in [6, 6.07) is 0. The number of hydrazine groups is 1. The summed E-state index contributed by atoms with van der Waals surface area (Å²) in [5.41, 5.74) is 10.9. The van der Waals surface area contributed by atoms with Crippen molar-refractivity contribution in [1.29, 1.82) is 0 Å². The van der Waals surface area contributed by atoms with E-state index in [1.54, 1.807) is 0 Å². The maximum absolute atomic E-state index is 4.30. The Morgan fingerprint density at radius 1 is 1.27 bits per heavy atom. The lowest BCUT2D eigenvalue weighted by Gasteiger charge is -2.41. The van der Waals surface area contributed by atoms with Crippen molar-refractivity contribution in [2.75, 3.05) is 6.54 Å². The molecule has 1 aliphatic carbocycles. The van der Waals surface area contributed by atoms with Crippen LogP contribution in [0.4, 0.5) is 0 Å². The smallest absolute Gasteiger partial charge is 0.109 e. The van der Waals surface area contributed by atoms with Crippen LogP contribution in [0.3, 0.4) is 0 Å². The van der Waals surface area contributed by atoms with Gasteiger partial charge in [0.1, 0.15) is 6.17 Å². The van der Waals surface area contributed by atoms with Gasteiger partial charge >= 0.3 is 0 Å². The molecule has 3 N–H and O–H groups in total. The van der Waals surface area contributed by atoms with Crippen LogP contribution in [-0.4, -0.2) is 18.4 Å². The Balaban J connectivity index is 1.94. The first-order valence-electron chi connectivity index (χ1n) is 6.02. The molecule has 3 unspecified atom stereocenters. The summed E-state index contributed by atoms with van der Waals surface area (Å²) in [7, 11) is 0. The first kappa shape index (κ1) is 10.9. The second kappa shape index (κ2) is 4.94. The molecule has 3 atom stereocenters. The van der Waals surface area contributed by atoms with Crippen molar-refractivity contribution in [3.05, 3.63) is 0 Å². The Morgan fingerprint density at radius 3 is 2.87 bits per heavy atom. The summed E-state index contributed by atoms with van der Waals surface area (Å²) in [6.45, 7) is 5.14. The summed E-state index contributed by atoms with van der Waals surface area (Å²) in [5.74, 6) is 1.56. The predicted molar refractivity (Wildman–Crippen MR) is 62.3 cm³/mol. The monoisotopic (exact) mass is 210 g/mol. The molecule has 4 nitrogen and oxygen atoms in total. The third-order valence-corrected chi connectivity index (χ3v) is 3.45. The summed E-state index contributed by atoms with van der Waals surface area (Å²) in [6.07, 6.45) is 5.77. The molecule has 0 aromatic carbocycles. The average molecular weight is 210 g/mol. The maximum atomic E-state index is 4.30. The Bertz CT molecular complexity index is 233. The van der Waals surface area contributed by atoms with Gasteiger partial charge in [0, 0.05) is 12.3 Å². The molecule has 4 heteroatoms. The molecular formula is C11H22N4. The Hall–Kier alpha value is -0.610. The van der Waals surface area contributed by atoms with Gasteiger partial charge in [-0.2, -0.15) is 5.10 Å². The lowest BCUT2D eigenvalue weighted by atomic mass is 9.77. The highest BCUT2D eigenvalue weighted by Gasteiger charge is 2.34. The van der Waals surface area contributed by atoms with Crippen LogP contribution in [0.1, 0.15) is 39.5 Å². The molecule has 86 valence electrons. The van der Waals surface area contributed by atoms with Crippen LogP contribution in [-0.2, 0) is 0 Å². The third-order valence-electron chi connectivity index (χ3n) is 3.45. The van der Waals surface area contributed by atoms with Gasteiger partial charge in [-0.3, -0.25) is 10.9 Å². The van der Waals surface area contributed by atoms with Crippen LogP contribution in [0.15, 0.2) is 5.10 Å². The van der Waals surface area contributed by atoms with Crippen molar-refractivity contribution in [2.45, 2.75) is 45.7 Å². The summed E-state index contributed by atoms with van der Waals surface area (Å²) < 4.78 is 0. The lowest BCUT2D eigenvalue weighted by Crippen LogP contribution is -2.60. The van der Waals surface area contributed by atoms with Crippen molar-refractivity contribution < 1.29 is 0 Å². The van der Waals surface area contributed by atoms with Gasteiger partial charge in [-0.05, 0) is 38.5 Å². The molecule has 0 radical (unpaired) electrons. The molecule has 1 heterocycles. The SMILES string of the molecule is CC(C)=NNC1NNCC2CCCCC21. The molecule has 2 fully saturated rings. The zero-order valence-electron chi connectivity index (χ0n) is 9.71. The number of hydrogen-bond donors (Lipinski definition) is 3. The molecule has 0 bridgehead atoms. The topological polar surface area (TPSA) is 48.5 Å². The van der Waals surface area contributed by atoms with Gasteiger partial charge < -0.3 is 0 Å². The van der Waals surface area contributed by atoms with Gasteiger partial charge in [0.25, 0.3) is 0 Å². The Labute approximate surface area is 91.9 Å². The molecule has 1 aliphatic heterocycles. The highest BCUT2D eigenvalue weighted by molar-refractivity contribution is 5.78. The molecule has 0 aromatic rings. The summed E-state index contributed by atoms with van der Waals surface area (Å²) in [4.78, 5) is 0. The van der Waals surface area contributed by atoms with Crippen LogP contribution in [0.25, 0.3) is 0 Å². The van der Waals surface area contributed by atoms with Crippen LogP contribution < -0.4 is 16.3 Å². The maximum Gasteiger partial charge on any atom is 0.109 e. The first-order valence-corrected chi connectivity index (χ1v) is 6.02. The van der Waals surface area contributed by atoms with Crippen LogP contribution in [0.5, 0.6) is 0 Å². The fourth-order valence-electron chi connectivity index (χ4n) is 2.66. The zero-order valence-corrected chi connectivity index (χ0v) is 9.71. The summed E-state index contributed by atoms with van der Waals surface area (Å²) in [5, 5.41) is 4.30. The molecule has 0 aromatic heterocycles. The molecule has 1 saturated carbocycles. The van der Waals surface area contributed by atoms with Gasteiger partial charge in [0.05, 0.1) is 0 Å². The normalized spacial score (nSPS) is 35.5. The molecule has 0 spiro atoms. The number of fused-ring (bicyclic) bond motifs is 1. The van der Waals surface area contributed by atoms with E-state index in [0.717, 1.165) is 24.1 Å². The molecule has 1 saturated heterocycles. The quantitative estimate of drug-likeness (QED) is 0.474. The number of nitrogens with zero attached hydrogens (tertiary/aromatic N) is 1. The van der Waals surface area contributed by atoms with E-state index in [4.69, 9.17) is 0 Å². The Kier molecular flexibility index (Phi) is 3.59. The number of hydrogen-bond acceptors (Lipinski definition) is 4. The minimum Gasteiger partial charge on any atom is -0.291 e. The van der Waals surface area contributed by atoms with E-state index in [1.807, 2.05) is 13.8 Å². The second-order valence-electron chi connectivity index (χ2n) is 4.90. The van der Waals surface area contributed by atoms with E-state index in [9.17, 15) is 0 Å². The van der Waals surface area contributed by atoms with E-state index in [1.165, 1.54) is 25.7 Å². The zero-order chi connectivity index (χ0) is 10.7. The van der Waals surface area contributed by atoms with E-state index >= 15 is 0 Å². The minimum absolute atomic E-state index is 0.305. The predicted octanol–water partition coefficient (Wildman–Crippen LogP) is 1.21. The van der Waals surface area contributed by atoms with Crippen molar-refractivity contribution in [2.24, 2.45) is 16.9 Å². The number of nitrogens with one attached hydrogen (secondary N) is 3. The van der Waals surface area contributed by atoms with Crippen LogP contribution in [0.2, 0.25) is 0 Å². The van der Waals surface area contributed by atoms with Crippen LogP contribution >= 0.6 is 0 Å². The van der Waals surface area contributed by atoms with E-state index in [2.05, 4.69) is 21.4 Å². The standard InChI is InChI=1S/C11H22N4/c1-8(2)13-15-11-10-6-4-3-5-9(10)7-12-14-11/h9-12,14-15H,3-7H2,1-2H3. The molecular weight excluding hydrogens is 188 g/mol. The van der Waals surface area contributed by atoms with E-state index in [0.29, 0.717) is 6.17 Å². The first-order chi connectivity index (χ1) is 7.27. The van der Waals surface area contributed by atoms with Crippen molar-refractivity contribution in [1.82, 2.24) is 16.3 Å². The average Bonchev–Trinajstić information content (AvgIpc) is 2.26. The third kappa shape index (κ3) is 2.69. The van der Waals surface area contributed by atoms with E-state index < -0.39 is 0 Å². The molecule has 2 rings (SSSR count). The van der Waals surface area contributed by atoms with Gasteiger partial charge in [-0.1, -0.05) is 12.8 Å². The van der Waals surface area contributed by atoms with Crippen molar-refractivity contribution >= 4 is 5.71 Å². The molecule has 0 amide bonds. The minimum atomic E-state index is 0.305. The highest BCUT2D eigenvalue weighted by Crippen LogP contribution is 2.32. The van der Waals surface area contributed by atoms with Gasteiger partial charge in [0.2, 0.25) is 0 Å². The second-order valence-corrected chi connectivity index (χ2v) is 4.90. The lowest BCUT2D eigenvalue weighted by molar-refractivity contribution is 0.0995. The van der Waals surface area contributed by atoms with Crippen molar-refractivity contribution in [3.63, 3.8) is 0 Å². The van der Waals surface area contributed by atoms with Crippen molar-refractivity contribution in [3.8, 4) is 0 Å². The fourth-order valence-corrected chi connectivity index (χ4v) is 2.66. The number of rotatable bonds is 2. The van der Waals surface area contributed by atoms with Crippen LogP contribution in [0, 0.1) is 11.8 Å². The van der Waals surface area contributed by atoms with Gasteiger partial charge in [-0.25, -0.2) is 5.43 Å². The van der Waals surface area contributed by atoms with E-state index in [-0.39, 0.29) is 0 Å². The Morgan fingerprint density at radius 2 is 2.07 bits per heavy atom. The molecule has 15 heavy (non-hydrogen) atoms.